The molecule has 0 radical (unpaired) electrons. The molecule has 10 rings (SSSR count). The van der Waals surface area contributed by atoms with Crippen LogP contribution in [-0.2, 0) is 0 Å². The van der Waals surface area contributed by atoms with Crippen LogP contribution in [0.25, 0.3) is 77.2 Å². The van der Waals surface area contributed by atoms with Crippen molar-refractivity contribution in [2.75, 3.05) is 4.90 Å². The molecule has 0 aliphatic heterocycles. The van der Waals surface area contributed by atoms with Gasteiger partial charge >= 0.3 is 0 Å². The molecule has 1 nitrogen and oxygen atoms in total. The second-order valence-corrected chi connectivity index (χ2v) is 14.5. The number of benzene rings is 10. The Morgan fingerprint density at radius 1 is 0.246 bits per heavy atom. The Morgan fingerprint density at radius 2 is 0.789 bits per heavy atom. The fourth-order valence-corrected chi connectivity index (χ4v) is 8.31. The first kappa shape index (κ1) is 34.0. The average molecular weight is 726 g/mol. The zero-order valence-electron chi connectivity index (χ0n) is 31.5. The van der Waals surface area contributed by atoms with Crippen LogP contribution in [0.4, 0.5) is 17.1 Å². The molecular formula is C56H39N. The highest BCUT2D eigenvalue weighted by Gasteiger charge is 2.24. The number of rotatable bonds is 8. The molecule has 0 heterocycles. The van der Waals surface area contributed by atoms with Gasteiger partial charge in [0.2, 0.25) is 0 Å². The first-order valence-corrected chi connectivity index (χ1v) is 19.6. The van der Waals surface area contributed by atoms with Crippen molar-refractivity contribution in [3.8, 4) is 55.6 Å². The summed E-state index contributed by atoms with van der Waals surface area (Å²) in [7, 11) is 0. The van der Waals surface area contributed by atoms with E-state index in [1.54, 1.807) is 0 Å². The monoisotopic (exact) mass is 725 g/mol. The third kappa shape index (κ3) is 6.56. The van der Waals surface area contributed by atoms with Crippen LogP contribution < -0.4 is 4.90 Å². The van der Waals surface area contributed by atoms with Crippen LogP contribution >= 0.6 is 0 Å². The highest BCUT2D eigenvalue weighted by atomic mass is 15.1. The standard InChI is InChI=1S/C56H39N/c1-4-17-40(18-5-1)46-27-14-28-49(38-46)57(54-36-35-47(41-19-6-2-7-20-41)39-53(54)44-22-8-3-9-23-44)55-32-16-31-52(51-30-15-26-43-24-12-13-29-50(43)51)56(55)48-34-33-42-21-10-11-25-45(42)37-48/h1-39H. The lowest BCUT2D eigenvalue weighted by molar-refractivity contribution is 1.28. The van der Waals surface area contributed by atoms with Crippen molar-refractivity contribution < 1.29 is 0 Å². The van der Waals surface area contributed by atoms with Crippen LogP contribution in [0.15, 0.2) is 237 Å². The van der Waals surface area contributed by atoms with E-state index in [1.807, 2.05) is 0 Å². The van der Waals surface area contributed by atoms with Crippen molar-refractivity contribution in [1.82, 2.24) is 0 Å². The van der Waals surface area contributed by atoms with E-state index in [4.69, 9.17) is 0 Å². The van der Waals surface area contributed by atoms with Crippen molar-refractivity contribution in [1.29, 1.82) is 0 Å². The van der Waals surface area contributed by atoms with Crippen molar-refractivity contribution in [2.45, 2.75) is 0 Å². The van der Waals surface area contributed by atoms with Gasteiger partial charge in [0.05, 0.1) is 11.4 Å². The molecule has 0 aliphatic rings. The molecule has 1 heteroatoms. The maximum absolute atomic E-state index is 2.49. The van der Waals surface area contributed by atoms with Crippen LogP contribution in [0.3, 0.4) is 0 Å². The molecule has 0 aliphatic carbocycles. The Morgan fingerprint density at radius 3 is 1.54 bits per heavy atom. The normalized spacial score (nSPS) is 11.2. The molecule has 57 heavy (non-hydrogen) atoms. The Kier molecular flexibility index (Phi) is 8.95. The molecule has 0 bridgehead atoms. The van der Waals surface area contributed by atoms with Gasteiger partial charge in [-0.05, 0) is 102 Å². The molecule has 0 saturated heterocycles. The summed E-state index contributed by atoms with van der Waals surface area (Å²) in [5, 5.41) is 4.89. The van der Waals surface area contributed by atoms with Crippen molar-refractivity contribution in [2.24, 2.45) is 0 Å². The Labute approximate surface area is 334 Å². The van der Waals surface area contributed by atoms with Gasteiger partial charge in [-0.1, -0.05) is 200 Å². The highest BCUT2D eigenvalue weighted by Crippen LogP contribution is 2.50. The van der Waals surface area contributed by atoms with Crippen LogP contribution in [0.5, 0.6) is 0 Å². The molecule has 268 valence electrons. The third-order valence-corrected chi connectivity index (χ3v) is 11.0. The van der Waals surface area contributed by atoms with E-state index in [0.717, 1.165) is 33.8 Å². The minimum absolute atomic E-state index is 1.08. The molecule has 0 spiro atoms. The van der Waals surface area contributed by atoms with E-state index in [9.17, 15) is 0 Å². The van der Waals surface area contributed by atoms with E-state index in [2.05, 4.69) is 241 Å². The second kappa shape index (κ2) is 15.0. The molecule has 0 amide bonds. The zero-order chi connectivity index (χ0) is 38.0. The SMILES string of the molecule is c1ccc(-c2cccc(N(c3ccc(-c4ccccc4)cc3-c3ccccc3)c3cccc(-c4cccc5ccccc45)c3-c3ccc4ccccc4c3)c2)cc1. The molecule has 0 unspecified atom stereocenters. The molecule has 0 atom stereocenters. The van der Waals surface area contributed by atoms with E-state index < -0.39 is 0 Å². The van der Waals surface area contributed by atoms with Gasteiger partial charge in [0.1, 0.15) is 0 Å². The topological polar surface area (TPSA) is 3.24 Å². The fourth-order valence-electron chi connectivity index (χ4n) is 8.31. The van der Waals surface area contributed by atoms with Gasteiger partial charge in [0.15, 0.2) is 0 Å². The summed E-state index contributed by atoms with van der Waals surface area (Å²) in [6.07, 6.45) is 0. The van der Waals surface area contributed by atoms with Crippen molar-refractivity contribution in [3.63, 3.8) is 0 Å². The van der Waals surface area contributed by atoms with E-state index in [0.29, 0.717) is 0 Å². The molecule has 0 fully saturated rings. The maximum atomic E-state index is 2.49. The van der Waals surface area contributed by atoms with Gasteiger partial charge in [-0.25, -0.2) is 0 Å². The van der Waals surface area contributed by atoms with Crippen LogP contribution in [0, 0.1) is 0 Å². The van der Waals surface area contributed by atoms with E-state index in [-0.39, 0.29) is 0 Å². The summed E-state index contributed by atoms with van der Waals surface area (Å²) < 4.78 is 0. The molecular weight excluding hydrogens is 687 g/mol. The summed E-state index contributed by atoms with van der Waals surface area (Å²) in [5.74, 6) is 0. The Bertz CT molecular complexity index is 3000. The number of nitrogens with zero attached hydrogens (tertiary/aromatic N) is 1. The fraction of sp³-hybridized carbons (Fsp3) is 0. The Hall–Kier alpha value is -7.48. The van der Waals surface area contributed by atoms with Gasteiger partial charge in [-0.2, -0.15) is 0 Å². The molecule has 10 aromatic rings. The van der Waals surface area contributed by atoms with Gasteiger partial charge in [-0.3, -0.25) is 0 Å². The van der Waals surface area contributed by atoms with Crippen molar-refractivity contribution in [3.05, 3.63) is 237 Å². The van der Waals surface area contributed by atoms with Crippen LogP contribution in [0.2, 0.25) is 0 Å². The zero-order valence-corrected chi connectivity index (χ0v) is 31.5. The van der Waals surface area contributed by atoms with Gasteiger partial charge in [0.25, 0.3) is 0 Å². The number of hydrogen-bond donors (Lipinski definition) is 0. The van der Waals surface area contributed by atoms with Gasteiger partial charge < -0.3 is 4.90 Å². The number of anilines is 3. The quantitative estimate of drug-likeness (QED) is 0.151. The second-order valence-electron chi connectivity index (χ2n) is 14.5. The lowest BCUT2D eigenvalue weighted by Gasteiger charge is -2.32. The van der Waals surface area contributed by atoms with E-state index in [1.165, 1.54) is 60.5 Å². The molecule has 0 aromatic heterocycles. The minimum Gasteiger partial charge on any atom is -0.309 e. The summed E-state index contributed by atoms with van der Waals surface area (Å²) in [6.45, 7) is 0. The number of hydrogen-bond acceptors (Lipinski definition) is 1. The molecule has 0 saturated carbocycles. The first-order valence-electron chi connectivity index (χ1n) is 19.6. The smallest absolute Gasteiger partial charge is 0.0546 e. The maximum Gasteiger partial charge on any atom is 0.0546 e. The third-order valence-electron chi connectivity index (χ3n) is 11.0. The summed E-state index contributed by atoms with van der Waals surface area (Å²) >= 11 is 0. The first-order chi connectivity index (χ1) is 28.3. The predicted octanol–water partition coefficient (Wildman–Crippen LogP) is 15.8. The van der Waals surface area contributed by atoms with Crippen LogP contribution in [0.1, 0.15) is 0 Å². The lowest BCUT2D eigenvalue weighted by atomic mass is 9.88. The summed E-state index contributed by atoms with van der Waals surface area (Å²) in [5.41, 5.74) is 15.0. The molecule has 10 aromatic carbocycles. The Balaban J connectivity index is 1.31. The summed E-state index contributed by atoms with van der Waals surface area (Å²) in [6, 6.07) is 85.9. The van der Waals surface area contributed by atoms with Crippen molar-refractivity contribution >= 4 is 38.6 Å². The van der Waals surface area contributed by atoms with Gasteiger partial charge in [-0.15, -0.1) is 0 Å². The largest absolute Gasteiger partial charge is 0.309 e. The van der Waals surface area contributed by atoms with E-state index >= 15 is 0 Å². The lowest BCUT2D eigenvalue weighted by Crippen LogP contribution is -2.13. The van der Waals surface area contributed by atoms with Gasteiger partial charge in [0, 0.05) is 16.8 Å². The number of fused-ring (bicyclic) bond motifs is 2. The molecule has 0 N–H and O–H groups in total. The predicted molar refractivity (Wildman–Crippen MR) is 243 cm³/mol. The minimum atomic E-state index is 1.08. The highest BCUT2D eigenvalue weighted by molar-refractivity contribution is 6.06. The summed E-state index contributed by atoms with van der Waals surface area (Å²) in [4.78, 5) is 2.49. The van der Waals surface area contributed by atoms with Crippen LogP contribution in [-0.4, -0.2) is 0 Å². The average Bonchev–Trinajstić information content (AvgIpc) is 3.30.